The first-order valence-corrected chi connectivity index (χ1v) is 10.6. The van der Waals surface area contributed by atoms with E-state index in [2.05, 4.69) is 10.6 Å². The third-order valence-corrected chi connectivity index (χ3v) is 6.99. The molecule has 2 aromatic rings. The van der Waals surface area contributed by atoms with E-state index in [4.69, 9.17) is 0 Å². The van der Waals surface area contributed by atoms with Crippen LogP contribution in [0.15, 0.2) is 54.6 Å². The molecule has 0 aliphatic carbocycles. The predicted octanol–water partition coefficient (Wildman–Crippen LogP) is 2.45. The molecular formula is C24H25N3O3. The maximum absolute atomic E-state index is 13.6. The third-order valence-electron chi connectivity index (χ3n) is 6.99. The molecule has 2 N–H and O–H groups in total. The monoisotopic (exact) mass is 403 g/mol. The number of para-hydroxylation sites is 1. The van der Waals surface area contributed by atoms with Crippen LogP contribution in [0.5, 0.6) is 0 Å². The second kappa shape index (κ2) is 6.77. The van der Waals surface area contributed by atoms with Crippen molar-refractivity contribution in [1.82, 2.24) is 10.2 Å². The van der Waals surface area contributed by atoms with Crippen LogP contribution < -0.4 is 10.6 Å². The van der Waals surface area contributed by atoms with Crippen molar-refractivity contribution in [3.63, 3.8) is 0 Å². The fourth-order valence-electron chi connectivity index (χ4n) is 5.44. The first kappa shape index (κ1) is 19.0. The summed E-state index contributed by atoms with van der Waals surface area (Å²) in [5.74, 6) is -1.96. The highest BCUT2D eigenvalue weighted by Crippen LogP contribution is 2.53. The van der Waals surface area contributed by atoms with Crippen LogP contribution >= 0.6 is 0 Å². The zero-order chi connectivity index (χ0) is 21.0. The maximum Gasteiger partial charge on any atom is 0.250 e. The van der Waals surface area contributed by atoms with Crippen molar-refractivity contribution in [3.05, 3.63) is 65.7 Å². The molecule has 3 heterocycles. The fourth-order valence-corrected chi connectivity index (χ4v) is 5.44. The van der Waals surface area contributed by atoms with Crippen LogP contribution in [-0.2, 0) is 26.3 Å². The third kappa shape index (κ3) is 2.43. The quantitative estimate of drug-likeness (QED) is 0.769. The highest BCUT2D eigenvalue weighted by Gasteiger charge is 2.70. The van der Waals surface area contributed by atoms with Crippen LogP contribution in [0.1, 0.15) is 31.4 Å². The summed E-state index contributed by atoms with van der Waals surface area (Å²) in [5, 5.41) is 6.42. The van der Waals surface area contributed by atoms with Gasteiger partial charge in [0.15, 0.2) is 0 Å². The lowest BCUT2D eigenvalue weighted by molar-refractivity contribution is -0.145. The van der Waals surface area contributed by atoms with Crippen molar-refractivity contribution in [3.8, 4) is 0 Å². The van der Waals surface area contributed by atoms with Crippen molar-refractivity contribution in [2.75, 3.05) is 5.32 Å². The molecule has 3 amide bonds. The summed E-state index contributed by atoms with van der Waals surface area (Å²) >= 11 is 0. The van der Waals surface area contributed by atoms with Gasteiger partial charge in [0, 0.05) is 23.3 Å². The number of carbonyl (C=O) groups excluding carboxylic acids is 3. The summed E-state index contributed by atoms with van der Waals surface area (Å²) in [6, 6.07) is 16.9. The number of rotatable bonds is 4. The molecule has 0 bridgehead atoms. The Hall–Kier alpha value is -2.99. The summed E-state index contributed by atoms with van der Waals surface area (Å²) in [6.45, 7) is 3.86. The first-order valence-electron chi connectivity index (χ1n) is 10.6. The predicted molar refractivity (Wildman–Crippen MR) is 112 cm³/mol. The molecule has 6 heteroatoms. The molecule has 3 aliphatic rings. The lowest BCUT2D eigenvalue weighted by Crippen LogP contribution is -2.54. The van der Waals surface area contributed by atoms with Crippen LogP contribution in [-0.4, -0.2) is 34.7 Å². The Bertz CT molecular complexity index is 1040. The summed E-state index contributed by atoms with van der Waals surface area (Å²) in [5.41, 5.74) is 1.32. The van der Waals surface area contributed by atoms with Crippen molar-refractivity contribution in [2.45, 2.75) is 44.3 Å². The van der Waals surface area contributed by atoms with Gasteiger partial charge in [-0.05, 0) is 31.4 Å². The number of carbonyl (C=O) groups is 3. The molecule has 6 nitrogen and oxygen atoms in total. The first-order chi connectivity index (χ1) is 14.5. The van der Waals surface area contributed by atoms with E-state index in [0.717, 1.165) is 11.1 Å². The number of likely N-dealkylation sites (tertiary alicyclic amines) is 1. The largest absolute Gasteiger partial charge is 0.324 e. The van der Waals surface area contributed by atoms with Crippen LogP contribution in [0, 0.1) is 11.8 Å². The van der Waals surface area contributed by atoms with Crippen molar-refractivity contribution in [1.29, 1.82) is 0 Å². The van der Waals surface area contributed by atoms with Crippen LogP contribution in [0.3, 0.4) is 0 Å². The van der Waals surface area contributed by atoms with Gasteiger partial charge in [0.25, 0.3) is 0 Å². The number of fused-ring (bicyclic) bond motifs is 4. The van der Waals surface area contributed by atoms with Crippen molar-refractivity contribution in [2.24, 2.45) is 11.8 Å². The maximum atomic E-state index is 13.6. The van der Waals surface area contributed by atoms with Gasteiger partial charge in [0.05, 0.1) is 11.8 Å². The van der Waals surface area contributed by atoms with Crippen molar-refractivity contribution < 1.29 is 14.4 Å². The molecule has 0 unspecified atom stereocenters. The van der Waals surface area contributed by atoms with E-state index in [1.54, 1.807) is 0 Å². The van der Waals surface area contributed by atoms with Crippen LogP contribution in [0.2, 0.25) is 0 Å². The fraction of sp³-hybridized carbons (Fsp3) is 0.375. The summed E-state index contributed by atoms with van der Waals surface area (Å²) in [6.07, 6.45) is 1.26. The standard InChI is InChI=1S/C24H25N3O3/c1-3-14(2)27-21(28)19-18(13-15-9-5-4-6-10-15)26-24(20(19)22(27)29)16-11-7-8-12-17(16)25-23(24)30/h4-12,14,18-20,26H,3,13H2,1-2H3,(H,25,30)/t14-,18+,19+,20-,24-/m0/s1. The Morgan fingerprint density at radius 1 is 1.00 bits per heavy atom. The Kier molecular flexibility index (Phi) is 4.29. The summed E-state index contributed by atoms with van der Waals surface area (Å²) < 4.78 is 0. The van der Waals surface area contributed by atoms with Gasteiger partial charge in [0.2, 0.25) is 17.7 Å². The number of imide groups is 1. The topological polar surface area (TPSA) is 78.5 Å². The van der Waals surface area contributed by atoms with E-state index in [0.29, 0.717) is 18.5 Å². The molecule has 5 atom stereocenters. The minimum Gasteiger partial charge on any atom is -0.324 e. The van der Waals surface area contributed by atoms with E-state index in [-0.39, 0.29) is 29.8 Å². The van der Waals surface area contributed by atoms with Gasteiger partial charge < -0.3 is 5.32 Å². The van der Waals surface area contributed by atoms with Gasteiger partial charge in [0.1, 0.15) is 5.54 Å². The minimum atomic E-state index is -1.21. The lowest BCUT2D eigenvalue weighted by atomic mass is 9.76. The highest BCUT2D eigenvalue weighted by atomic mass is 16.2. The molecule has 0 saturated carbocycles. The van der Waals surface area contributed by atoms with E-state index in [1.807, 2.05) is 68.4 Å². The molecule has 1 spiro atoms. The van der Waals surface area contributed by atoms with Crippen LogP contribution in [0.4, 0.5) is 5.69 Å². The molecular weight excluding hydrogens is 378 g/mol. The van der Waals surface area contributed by atoms with Gasteiger partial charge >= 0.3 is 0 Å². The second-order valence-electron chi connectivity index (χ2n) is 8.56. The zero-order valence-corrected chi connectivity index (χ0v) is 17.1. The van der Waals surface area contributed by atoms with Gasteiger partial charge in [-0.2, -0.15) is 0 Å². The number of anilines is 1. The van der Waals surface area contributed by atoms with Gasteiger partial charge in [-0.3, -0.25) is 24.6 Å². The Morgan fingerprint density at radius 2 is 1.70 bits per heavy atom. The summed E-state index contributed by atoms with van der Waals surface area (Å²) in [7, 11) is 0. The van der Waals surface area contributed by atoms with Crippen molar-refractivity contribution >= 4 is 23.4 Å². The number of benzene rings is 2. The number of nitrogens with one attached hydrogen (secondary N) is 2. The molecule has 2 saturated heterocycles. The minimum absolute atomic E-state index is 0.165. The van der Waals surface area contributed by atoms with Gasteiger partial charge in [-0.15, -0.1) is 0 Å². The number of hydrogen-bond acceptors (Lipinski definition) is 4. The van der Waals surface area contributed by atoms with E-state index < -0.39 is 17.4 Å². The number of amides is 3. The number of nitrogens with zero attached hydrogens (tertiary/aromatic N) is 1. The molecule has 3 aliphatic heterocycles. The molecule has 2 aromatic carbocycles. The van der Waals surface area contributed by atoms with E-state index in [1.165, 1.54) is 4.90 Å². The zero-order valence-electron chi connectivity index (χ0n) is 17.1. The number of hydrogen-bond donors (Lipinski definition) is 2. The molecule has 0 aromatic heterocycles. The Balaban J connectivity index is 1.64. The van der Waals surface area contributed by atoms with Gasteiger partial charge in [-0.1, -0.05) is 55.5 Å². The lowest BCUT2D eigenvalue weighted by Gasteiger charge is -2.31. The van der Waals surface area contributed by atoms with Gasteiger partial charge in [-0.25, -0.2) is 0 Å². The molecule has 30 heavy (non-hydrogen) atoms. The van der Waals surface area contributed by atoms with Crippen LogP contribution in [0.25, 0.3) is 0 Å². The second-order valence-corrected chi connectivity index (χ2v) is 8.56. The average molecular weight is 403 g/mol. The van der Waals surface area contributed by atoms with E-state index >= 15 is 0 Å². The average Bonchev–Trinajstić information content (AvgIpc) is 3.33. The molecule has 0 radical (unpaired) electrons. The summed E-state index contributed by atoms with van der Waals surface area (Å²) in [4.78, 5) is 41.8. The smallest absolute Gasteiger partial charge is 0.250 e. The Labute approximate surface area is 175 Å². The normalized spacial score (nSPS) is 30.5. The molecule has 154 valence electrons. The highest BCUT2D eigenvalue weighted by molar-refractivity contribution is 6.15. The SMILES string of the molecule is CC[C@H](C)N1C(=O)[C@H]2[C@@H](C1=O)[C@]1(N[C@@H]2Cc2ccccc2)C(=O)Nc2ccccc21. The molecule has 2 fully saturated rings. The molecule has 5 rings (SSSR count). The van der Waals surface area contributed by atoms with E-state index in [9.17, 15) is 14.4 Å². The Morgan fingerprint density at radius 3 is 2.43 bits per heavy atom.